The minimum Gasteiger partial charge on any atom is -0.508 e. The summed E-state index contributed by atoms with van der Waals surface area (Å²) in [5.41, 5.74) is 8.23. The van der Waals surface area contributed by atoms with Gasteiger partial charge in [-0.15, -0.1) is 0 Å². The van der Waals surface area contributed by atoms with Crippen LogP contribution in [0.4, 0.5) is 5.82 Å². The number of nitrogens with one attached hydrogen (secondary N) is 3. The number of Topliss-reactive ketones (excluding diaryl/α,β-unsaturated/α-hetero) is 2. The zero-order chi connectivity index (χ0) is 40.9. The lowest BCUT2D eigenvalue weighted by Gasteiger charge is -2.35. The van der Waals surface area contributed by atoms with E-state index in [0.29, 0.717) is 44.4 Å². The van der Waals surface area contributed by atoms with Crippen LogP contribution in [0.15, 0.2) is 90.8 Å². The number of aromatic nitrogens is 2. The number of hydrogen-bond acceptors (Lipinski definition) is 8. The largest absolute Gasteiger partial charge is 0.508 e. The Bertz CT molecular complexity index is 2300. The molecule has 0 spiro atoms. The van der Waals surface area contributed by atoms with Crippen molar-refractivity contribution in [2.24, 2.45) is 11.8 Å². The third-order valence-corrected chi connectivity index (χ3v) is 12.6. The number of aliphatic hydroxyl groups excluding tert-OH is 2. The predicted molar refractivity (Wildman–Crippen MR) is 228 cm³/mol. The maximum atomic E-state index is 15.1. The summed E-state index contributed by atoms with van der Waals surface area (Å²) in [6.07, 6.45) is 11.8. The second-order valence-corrected chi connectivity index (χ2v) is 16.7. The first kappa shape index (κ1) is 40.2. The highest BCUT2D eigenvalue weighted by atomic mass is 16.5. The van der Waals surface area contributed by atoms with Crippen LogP contribution in [0.2, 0.25) is 0 Å². The van der Waals surface area contributed by atoms with Gasteiger partial charge in [-0.3, -0.25) is 9.59 Å². The van der Waals surface area contributed by atoms with Crippen molar-refractivity contribution in [2.75, 3.05) is 18.5 Å². The summed E-state index contributed by atoms with van der Waals surface area (Å²) in [5, 5.41) is 47.1. The minimum absolute atomic E-state index is 0.00507. The number of carbonyl (C=O) groups is 2. The molecular weight excluding hydrogens is 743 g/mol. The Labute approximate surface area is 345 Å². The fourth-order valence-corrected chi connectivity index (χ4v) is 9.54. The highest BCUT2D eigenvalue weighted by Crippen LogP contribution is 2.44. The first-order valence-electron chi connectivity index (χ1n) is 21.2. The number of phenols is 2. The van der Waals surface area contributed by atoms with Crippen molar-refractivity contribution in [1.82, 2.24) is 9.97 Å². The molecule has 8 rings (SSSR count). The average Bonchev–Trinajstić information content (AvgIpc) is 4.02. The van der Waals surface area contributed by atoms with Crippen LogP contribution in [0.3, 0.4) is 0 Å². The summed E-state index contributed by atoms with van der Waals surface area (Å²) in [7, 11) is 0. The summed E-state index contributed by atoms with van der Waals surface area (Å²) in [4.78, 5) is 36.2. The van der Waals surface area contributed by atoms with Gasteiger partial charge in [0.2, 0.25) is 0 Å². The van der Waals surface area contributed by atoms with Crippen molar-refractivity contribution >= 4 is 23.5 Å². The van der Waals surface area contributed by atoms with E-state index in [4.69, 9.17) is 4.74 Å². The maximum absolute atomic E-state index is 15.1. The van der Waals surface area contributed by atoms with E-state index in [1.165, 1.54) is 0 Å². The van der Waals surface area contributed by atoms with Crippen LogP contribution in [-0.4, -0.2) is 67.3 Å². The number of ether oxygens (including phenoxy) is 1. The molecule has 0 amide bonds. The van der Waals surface area contributed by atoms with Gasteiger partial charge in [0.05, 0.1) is 18.1 Å². The number of fused-ring (bicyclic) bond motifs is 7. The first-order chi connectivity index (χ1) is 28.7. The molecule has 5 aromatic rings. The van der Waals surface area contributed by atoms with Crippen LogP contribution < -0.4 is 10.1 Å². The number of H-pyrrole nitrogens is 2. The summed E-state index contributed by atoms with van der Waals surface area (Å²) in [6.45, 7) is -0.0148. The number of ketones is 2. The number of benzene rings is 3. The van der Waals surface area contributed by atoms with Crippen LogP contribution in [0.1, 0.15) is 102 Å². The van der Waals surface area contributed by atoms with Crippen LogP contribution >= 0.6 is 0 Å². The molecule has 308 valence electrons. The van der Waals surface area contributed by atoms with E-state index in [1.54, 1.807) is 18.2 Å². The Hall–Kier alpha value is -5.58. The van der Waals surface area contributed by atoms with Crippen molar-refractivity contribution in [3.63, 3.8) is 0 Å². The number of phenolic OH excluding ortho intramolecular Hbond substituents is 2. The predicted octanol–water partition coefficient (Wildman–Crippen LogP) is 7.93. The minimum atomic E-state index is -1.06. The molecular formula is C49H55N3O7. The summed E-state index contributed by atoms with van der Waals surface area (Å²) < 4.78 is 6.40. The molecule has 0 saturated heterocycles. The third-order valence-electron chi connectivity index (χ3n) is 12.6. The van der Waals surface area contributed by atoms with Gasteiger partial charge in [0, 0.05) is 67.9 Å². The number of aliphatic hydroxyl groups is 2. The molecule has 2 aliphatic carbocycles. The van der Waals surface area contributed by atoms with E-state index in [1.807, 2.05) is 54.9 Å². The summed E-state index contributed by atoms with van der Waals surface area (Å²) >= 11 is 0. The lowest BCUT2D eigenvalue weighted by Crippen LogP contribution is -2.38. The molecule has 4 unspecified atom stereocenters. The molecule has 4 bridgehead atoms. The van der Waals surface area contributed by atoms with Gasteiger partial charge in [0.15, 0.2) is 17.3 Å². The normalized spacial score (nSPS) is 20.6. The van der Waals surface area contributed by atoms with Crippen molar-refractivity contribution < 1.29 is 34.8 Å². The fraction of sp³-hybridized carbons (Fsp3) is 0.388. The molecule has 3 aromatic carbocycles. The summed E-state index contributed by atoms with van der Waals surface area (Å²) in [5.74, 6) is -1.21. The number of rotatable bonds is 9. The van der Waals surface area contributed by atoms with Crippen LogP contribution in [-0.2, 0) is 35.3 Å². The van der Waals surface area contributed by atoms with Crippen molar-refractivity contribution in [2.45, 2.75) is 95.2 Å². The lowest BCUT2D eigenvalue weighted by molar-refractivity contribution is -0.135. The van der Waals surface area contributed by atoms with E-state index in [2.05, 4.69) is 33.5 Å². The number of aryl methyl sites for hydroxylation is 2. The number of hydrogen-bond donors (Lipinski definition) is 7. The summed E-state index contributed by atoms with van der Waals surface area (Å²) in [6, 6.07) is 23.2. The Morgan fingerprint density at radius 1 is 0.831 bits per heavy atom. The van der Waals surface area contributed by atoms with Crippen molar-refractivity contribution in [3.05, 3.63) is 135 Å². The molecule has 59 heavy (non-hydrogen) atoms. The third kappa shape index (κ3) is 9.34. The molecule has 10 heteroatoms. The van der Waals surface area contributed by atoms with Gasteiger partial charge in [0.1, 0.15) is 17.4 Å². The number of anilines is 1. The van der Waals surface area contributed by atoms with E-state index in [9.17, 15) is 25.2 Å². The van der Waals surface area contributed by atoms with Gasteiger partial charge in [-0.2, -0.15) is 0 Å². The van der Waals surface area contributed by atoms with Gasteiger partial charge in [-0.05, 0) is 133 Å². The molecule has 1 fully saturated rings. The van der Waals surface area contributed by atoms with Crippen LogP contribution in [0.5, 0.6) is 17.2 Å². The van der Waals surface area contributed by atoms with Gasteiger partial charge < -0.3 is 40.4 Å². The Balaban J connectivity index is 1.16. The van der Waals surface area contributed by atoms with Crippen molar-refractivity contribution in [3.8, 4) is 17.2 Å². The molecule has 0 radical (unpaired) electrons. The maximum Gasteiger partial charge on any atom is 0.161 e. The SMILES string of the molecule is O=C1CCc2cc(c(O)c(OC3CCCC3)c2)Cc2cccc(c2)Cc2cc[nH]c2NCC2=Cc3[nH]ccc3C(CC(O)CCc3cccc(O)c3)C2C(=O)C1CCO. The van der Waals surface area contributed by atoms with Gasteiger partial charge in [-0.25, -0.2) is 0 Å². The molecule has 2 aromatic heterocycles. The second kappa shape index (κ2) is 18.1. The van der Waals surface area contributed by atoms with E-state index in [0.717, 1.165) is 81.7 Å². The Kier molecular flexibility index (Phi) is 12.4. The molecule has 3 aliphatic rings. The fourth-order valence-electron chi connectivity index (χ4n) is 9.54. The van der Waals surface area contributed by atoms with Crippen LogP contribution in [0, 0.1) is 11.8 Å². The average molecular weight is 798 g/mol. The lowest BCUT2D eigenvalue weighted by atomic mass is 9.68. The molecule has 3 heterocycles. The quantitative estimate of drug-likeness (QED) is 0.0739. The standard InChI is InChI=1S/C49H55N3O7/c53-20-17-41-44(56)14-12-33-24-35(47(57)45(26-33)59-39-9-1-2-10-39)23-32-7-3-6-31(21-32)22-34-15-18-51-49(34)52-29-36-27-43-40(16-19-50-43)42(46(36)48(41)58)28-38(55)13-11-30-5-4-8-37(54)25-30/h3-8,15-16,18-19,21,24-27,38-39,41-42,46,50-55,57H,1-2,9-14,17,20,22-23,28-29H2. The monoisotopic (exact) mass is 797 g/mol. The first-order valence-corrected chi connectivity index (χ1v) is 21.2. The van der Waals surface area contributed by atoms with Gasteiger partial charge in [-0.1, -0.05) is 42.5 Å². The zero-order valence-electron chi connectivity index (χ0n) is 33.5. The van der Waals surface area contributed by atoms with Crippen LogP contribution in [0.25, 0.3) is 6.08 Å². The molecule has 4 atom stereocenters. The van der Waals surface area contributed by atoms with Crippen molar-refractivity contribution in [1.29, 1.82) is 0 Å². The molecule has 1 saturated carbocycles. The number of carbonyl (C=O) groups excluding carboxylic acids is 2. The Morgan fingerprint density at radius 3 is 2.41 bits per heavy atom. The smallest absolute Gasteiger partial charge is 0.161 e. The van der Waals surface area contributed by atoms with E-state index < -0.39 is 23.9 Å². The zero-order valence-corrected chi connectivity index (χ0v) is 33.5. The highest BCUT2D eigenvalue weighted by molar-refractivity contribution is 6.05. The highest BCUT2D eigenvalue weighted by Gasteiger charge is 2.42. The topological polar surface area (TPSA) is 168 Å². The molecule has 10 nitrogen and oxygen atoms in total. The van der Waals surface area contributed by atoms with E-state index in [-0.39, 0.29) is 55.0 Å². The number of aromatic hydroxyl groups is 2. The second-order valence-electron chi connectivity index (χ2n) is 16.7. The Morgan fingerprint density at radius 2 is 1.61 bits per heavy atom. The number of aromatic amines is 2. The molecule has 1 aliphatic heterocycles. The van der Waals surface area contributed by atoms with Gasteiger partial charge >= 0.3 is 0 Å². The van der Waals surface area contributed by atoms with E-state index >= 15 is 4.79 Å². The molecule has 7 N–H and O–H groups in total. The van der Waals surface area contributed by atoms with Gasteiger partial charge in [0.25, 0.3) is 0 Å².